The molecule has 192 valence electrons. The van der Waals surface area contributed by atoms with Crippen LogP contribution in [0.3, 0.4) is 0 Å². The summed E-state index contributed by atoms with van der Waals surface area (Å²) >= 11 is 0. The number of benzene rings is 3. The Hall–Kier alpha value is -3.90. The minimum Gasteiger partial charge on any atom is -0.497 e. The average Bonchev–Trinajstić information content (AvgIpc) is 2.94. The summed E-state index contributed by atoms with van der Waals surface area (Å²) in [6.45, 7) is 5.73. The van der Waals surface area contributed by atoms with Crippen molar-refractivity contribution in [2.45, 2.75) is 51.8 Å². The van der Waals surface area contributed by atoms with Gasteiger partial charge in [-0.05, 0) is 60.4 Å². The second-order valence-electron chi connectivity index (χ2n) is 9.38. The highest BCUT2D eigenvalue weighted by Crippen LogP contribution is 2.43. The van der Waals surface area contributed by atoms with Gasteiger partial charge in [-0.15, -0.1) is 0 Å². The molecule has 2 bridgehead atoms. The Morgan fingerprint density at radius 2 is 1.65 bits per heavy atom. The average molecular weight is 498 g/mol. The summed E-state index contributed by atoms with van der Waals surface area (Å²) < 4.78 is 5.23. The van der Waals surface area contributed by atoms with Crippen LogP contribution in [0.1, 0.15) is 56.3 Å². The van der Waals surface area contributed by atoms with Crippen molar-refractivity contribution in [2.75, 3.05) is 12.0 Å². The molecule has 1 unspecified atom stereocenters. The van der Waals surface area contributed by atoms with Gasteiger partial charge in [-0.3, -0.25) is 15.4 Å². The molecule has 0 saturated carbocycles. The van der Waals surface area contributed by atoms with E-state index < -0.39 is 5.72 Å². The number of hydrogen-bond donors (Lipinski definition) is 1. The Labute approximate surface area is 219 Å². The Morgan fingerprint density at radius 1 is 1.03 bits per heavy atom. The number of nitrogens with two attached hydrogens (primary N) is 1. The molecule has 1 atom stereocenters. The van der Waals surface area contributed by atoms with Gasteiger partial charge in [0.15, 0.2) is 5.72 Å². The highest BCUT2D eigenvalue weighted by Gasteiger charge is 2.44. The number of carbonyl (C=O) groups excluding carboxylic acids is 1. The predicted octanol–water partition coefficient (Wildman–Crippen LogP) is 6.17. The highest BCUT2D eigenvalue weighted by atomic mass is 16.7. The molecule has 0 radical (unpaired) electrons. The van der Waals surface area contributed by atoms with E-state index >= 15 is 0 Å². The number of carbonyl (C=O) groups is 1. The summed E-state index contributed by atoms with van der Waals surface area (Å²) in [5, 5.41) is 4.17. The van der Waals surface area contributed by atoms with E-state index in [0.717, 1.165) is 17.0 Å². The molecule has 6 heteroatoms. The van der Waals surface area contributed by atoms with Crippen molar-refractivity contribution in [3.8, 4) is 5.75 Å². The second kappa shape index (κ2) is 11.4. The van der Waals surface area contributed by atoms with Crippen LogP contribution in [0.2, 0.25) is 0 Å². The van der Waals surface area contributed by atoms with Crippen molar-refractivity contribution in [3.05, 3.63) is 107 Å². The lowest BCUT2D eigenvalue weighted by Crippen LogP contribution is -2.49. The zero-order valence-corrected chi connectivity index (χ0v) is 22.0. The van der Waals surface area contributed by atoms with Crippen LogP contribution in [-0.4, -0.2) is 24.5 Å². The number of amides is 1. The smallest absolute Gasteiger partial charge is 0.257 e. The van der Waals surface area contributed by atoms with E-state index in [4.69, 9.17) is 15.3 Å². The SMILES string of the molecule is CCC(N)(CC)ON=C(C)C=C1C(=O)N(c2ccc(OC)cc2)C1c1ccccc1.c1cc2cc(c1)C2. The lowest BCUT2D eigenvalue weighted by atomic mass is 9.86. The summed E-state index contributed by atoms with van der Waals surface area (Å²) in [5.74, 6) is 0.685. The third-order valence-corrected chi connectivity index (χ3v) is 6.82. The predicted molar refractivity (Wildman–Crippen MR) is 149 cm³/mol. The molecule has 3 aliphatic rings. The molecule has 2 aliphatic carbocycles. The van der Waals surface area contributed by atoms with Gasteiger partial charge in [0.05, 0.1) is 18.9 Å². The first-order valence-electron chi connectivity index (χ1n) is 12.7. The van der Waals surface area contributed by atoms with Crippen LogP contribution in [0.15, 0.2) is 95.7 Å². The van der Waals surface area contributed by atoms with Crippen molar-refractivity contribution in [1.29, 1.82) is 0 Å². The quantitative estimate of drug-likeness (QED) is 0.104. The maximum atomic E-state index is 13.1. The number of methoxy groups -OCH3 is 1. The van der Waals surface area contributed by atoms with Crippen molar-refractivity contribution < 1.29 is 14.4 Å². The van der Waals surface area contributed by atoms with Gasteiger partial charge < -0.3 is 9.57 Å². The molecular formula is C31H35N3O3. The summed E-state index contributed by atoms with van der Waals surface area (Å²) in [7, 11) is 1.62. The first kappa shape index (κ1) is 26.2. The molecule has 1 heterocycles. The molecular weight excluding hydrogens is 462 g/mol. The van der Waals surface area contributed by atoms with Gasteiger partial charge in [0.25, 0.3) is 5.91 Å². The largest absolute Gasteiger partial charge is 0.497 e. The monoisotopic (exact) mass is 497 g/mol. The number of oxime groups is 1. The van der Waals surface area contributed by atoms with Gasteiger partial charge in [-0.25, -0.2) is 0 Å². The fraction of sp³-hybridized carbons (Fsp3) is 0.290. The summed E-state index contributed by atoms with van der Waals surface area (Å²) in [4.78, 5) is 20.4. The number of anilines is 1. The van der Waals surface area contributed by atoms with Crippen LogP contribution in [-0.2, 0) is 16.1 Å². The Bertz CT molecular complexity index is 1250. The van der Waals surface area contributed by atoms with Gasteiger partial charge in [-0.2, -0.15) is 0 Å². The van der Waals surface area contributed by atoms with Gasteiger partial charge in [0.1, 0.15) is 5.75 Å². The van der Waals surface area contributed by atoms with Crippen molar-refractivity contribution >= 4 is 17.3 Å². The van der Waals surface area contributed by atoms with E-state index in [1.54, 1.807) is 18.1 Å². The minimum atomic E-state index is -0.794. The maximum absolute atomic E-state index is 13.1. The van der Waals surface area contributed by atoms with Gasteiger partial charge in [-0.1, -0.05) is 73.6 Å². The molecule has 1 fully saturated rings. The fourth-order valence-electron chi connectivity index (χ4n) is 4.31. The van der Waals surface area contributed by atoms with Crippen molar-refractivity contribution in [1.82, 2.24) is 0 Å². The minimum absolute atomic E-state index is 0.0615. The standard InChI is InChI=1S/C24H29N3O3.C7H6/c1-5-24(25,6-2)30-26-17(3)16-21-22(18-10-8-7-9-11-18)27(23(21)28)19-12-14-20(29-4)15-13-19;1-2-6-4-7(3-1)5-6/h7-16,22H,5-6,25H2,1-4H3;1-4H,5H2. The first-order valence-corrected chi connectivity index (χ1v) is 12.7. The molecule has 0 aromatic heterocycles. The van der Waals surface area contributed by atoms with E-state index in [1.807, 2.05) is 75.4 Å². The number of fused-ring (bicyclic) bond motifs is 2. The van der Waals surface area contributed by atoms with E-state index in [2.05, 4.69) is 29.4 Å². The molecule has 1 aliphatic heterocycles. The van der Waals surface area contributed by atoms with Crippen molar-refractivity contribution in [3.63, 3.8) is 0 Å². The van der Waals surface area contributed by atoms with Gasteiger partial charge in [0, 0.05) is 24.1 Å². The molecule has 37 heavy (non-hydrogen) atoms. The lowest BCUT2D eigenvalue weighted by Gasteiger charge is -2.43. The van der Waals surface area contributed by atoms with E-state index in [-0.39, 0.29) is 11.9 Å². The Morgan fingerprint density at radius 3 is 2.14 bits per heavy atom. The highest BCUT2D eigenvalue weighted by molar-refractivity contribution is 6.18. The summed E-state index contributed by atoms with van der Waals surface area (Å²) in [5.41, 5.74) is 11.4. The van der Waals surface area contributed by atoms with Crippen LogP contribution >= 0.6 is 0 Å². The molecule has 2 N–H and O–H groups in total. The van der Waals surface area contributed by atoms with Gasteiger partial charge in [0.2, 0.25) is 0 Å². The van der Waals surface area contributed by atoms with E-state index in [0.29, 0.717) is 24.1 Å². The number of nitrogens with zero attached hydrogens (tertiary/aromatic N) is 2. The molecule has 1 amide bonds. The zero-order chi connectivity index (χ0) is 26.4. The fourth-order valence-corrected chi connectivity index (χ4v) is 4.31. The Balaban J connectivity index is 0.000000387. The van der Waals surface area contributed by atoms with Crippen LogP contribution < -0.4 is 15.4 Å². The third-order valence-electron chi connectivity index (χ3n) is 6.82. The topological polar surface area (TPSA) is 77.2 Å². The lowest BCUT2D eigenvalue weighted by molar-refractivity contribution is -0.119. The van der Waals surface area contributed by atoms with Crippen molar-refractivity contribution in [2.24, 2.45) is 10.9 Å². The van der Waals surface area contributed by atoms with Crippen LogP contribution in [0.5, 0.6) is 5.75 Å². The van der Waals surface area contributed by atoms with Gasteiger partial charge >= 0.3 is 0 Å². The van der Waals surface area contributed by atoms with Crippen LogP contribution in [0.4, 0.5) is 5.69 Å². The first-order chi connectivity index (χ1) is 17.9. The molecule has 0 spiro atoms. The molecule has 3 aromatic carbocycles. The van der Waals surface area contributed by atoms with Crippen LogP contribution in [0, 0.1) is 0 Å². The molecule has 6 nitrogen and oxygen atoms in total. The normalized spacial score (nSPS) is 17.4. The molecule has 6 rings (SSSR count). The second-order valence-corrected chi connectivity index (χ2v) is 9.38. The number of ether oxygens (including phenoxy) is 1. The number of hydrogen-bond acceptors (Lipinski definition) is 5. The van der Waals surface area contributed by atoms with E-state index in [1.165, 1.54) is 17.5 Å². The summed E-state index contributed by atoms with van der Waals surface area (Å²) in [6.07, 6.45) is 4.30. The summed E-state index contributed by atoms with van der Waals surface area (Å²) in [6, 6.07) is 25.9. The number of allylic oxidation sites excluding steroid dienone is 1. The molecule has 1 saturated heterocycles. The zero-order valence-electron chi connectivity index (χ0n) is 22.0. The maximum Gasteiger partial charge on any atom is 0.257 e. The Kier molecular flexibility index (Phi) is 8.09. The number of rotatable bonds is 8. The van der Waals surface area contributed by atoms with Crippen LogP contribution in [0.25, 0.3) is 0 Å². The number of β-lactam (4-membered cyclic amide) rings is 1. The molecule has 3 aromatic rings. The third kappa shape index (κ3) is 5.92. The van der Waals surface area contributed by atoms with E-state index in [9.17, 15) is 4.79 Å².